The van der Waals surface area contributed by atoms with Gasteiger partial charge in [0.15, 0.2) is 0 Å². The molecule has 0 bridgehead atoms. The van der Waals surface area contributed by atoms with Gasteiger partial charge in [-0.3, -0.25) is 0 Å². The molecule has 34 heavy (non-hydrogen) atoms. The van der Waals surface area contributed by atoms with Gasteiger partial charge in [-0.2, -0.15) is 0 Å². The van der Waals surface area contributed by atoms with Gasteiger partial charge in [-0.15, -0.1) is 0 Å². The Morgan fingerprint density at radius 3 is 2.15 bits per heavy atom. The van der Waals surface area contributed by atoms with Crippen molar-refractivity contribution >= 4 is 35.8 Å². The first-order valence-electron chi connectivity index (χ1n) is 12.7. The quantitative estimate of drug-likeness (QED) is 0.253. The molecule has 5 rings (SSSR count). The summed E-state index contributed by atoms with van der Waals surface area (Å²) in [5.41, 5.74) is 10.7. The van der Waals surface area contributed by atoms with Crippen molar-refractivity contribution in [1.29, 1.82) is 0 Å². The molecule has 2 atom stereocenters. The van der Waals surface area contributed by atoms with E-state index >= 15 is 0 Å². The molecule has 3 aromatic rings. The number of rotatable bonds is 6. The SMILES string of the molecule is CCC1=Cc2ccccc2[CH]1[Zr]([Cl])([Cl])([CH2]C)([SiH2]C)[CH]1C(C)=Cc2c(-c3ccccc3)cccc21. The number of halogens is 2. The molecule has 0 aliphatic heterocycles. The van der Waals surface area contributed by atoms with Crippen LogP contribution in [-0.2, 0) is 14.1 Å². The van der Waals surface area contributed by atoms with Gasteiger partial charge in [-0.25, -0.2) is 0 Å². The van der Waals surface area contributed by atoms with E-state index in [2.05, 4.69) is 112 Å². The molecule has 3 aromatic carbocycles. The van der Waals surface area contributed by atoms with Crippen molar-refractivity contribution in [2.75, 3.05) is 0 Å². The normalized spacial score (nSPS) is 21.6. The van der Waals surface area contributed by atoms with E-state index < -0.39 is 20.7 Å². The molecular formula is C30H34Cl2SiZr. The molecule has 0 fully saturated rings. The predicted octanol–water partition coefficient (Wildman–Crippen LogP) is 9.46. The maximum atomic E-state index is 8.50. The Hall–Kier alpha value is -1.18. The van der Waals surface area contributed by atoms with Crippen LogP contribution in [-0.4, -0.2) is 6.65 Å². The third-order valence-electron chi connectivity index (χ3n) is 9.23. The van der Waals surface area contributed by atoms with Crippen LogP contribution in [0.5, 0.6) is 0 Å². The topological polar surface area (TPSA) is 0 Å². The minimum absolute atomic E-state index is 0.135. The summed E-state index contributed by atoms with van der Waals surface area (Å²) in [6.07, 6.45) is 5.79. The van der Waals surface area contributed by atoms with Gasteiger partial charge in [0.05, 0.1) is 0 Å². The van der Waals surface area contributed by atoms with E-state index in [9.17, 15) is 0 Å². The molecule has 2 aliphatic rings. The van der Waals surface area contributed by atoms with Gasteiger partial charge in [-0.05, 0) is 0 Å². The van der Waals surface area contributed by atoms with E-state index in [1.807, 2.05) is 0 Å². The fraction of sp³-hybridized carbons (Fsp3) is 0.267. The van der Waals surface area contributed by atoms with Crippen molar-refractivity contribution in [1.82, 2.24) is 0 Å². The summed E-state index contributed by atoms with van der Waals surface area (Å²) in [6, 6.07) is 26.3. The Morgan fingerprint density at radius 1 is 0.794 bits per heavy atom. The van der Waals surface area contributed by atoms with Crippen LogP contribution in [0.1, 0.15) is 56.7 Å². The van der Waals surface area contributed by atoms with Crippen molar-refractivity contribution in [3.8, 4) is 11.1 Å². The third-order valence-corrected chi connectivity index (χ3v) is 66.2. The molecular weight excluding hydrogens is 551 g/mol. The van der Waals surface area contributed by atoms with Crippen LogP contribution in [0.25, 0.3) is 23.3 Å². The Bertz CT molecular complexity index is 1350. The van der Waals surface area contributed by atoms with Crippen LogP contribution >= 0.6 is 17.0 Å². The summed E-state index contributed by atoms with van der Waals surface area (Å²) in [5, 5.41) is 0. The zero-order valence-electron chi connectivity index (χ0n) is 20.6. The van der Waals surface area contributed by atoms with Crippen LogP contribution in [0.4, 0.5) is 0 Å². The molecule has 0 aromatic heterocycles. The predicted molar refractivity (Wildman–Crippen MR) is 152 cm³/mol. The molecule has 0 nitrogen and oxygen atoms in total. The Morgan fingerprint density at radius 2 is 1.47 bits per heavy atom. The Balaban J connectivity index is 1.81. The molecule has 0 spiro atoms. The van der Waals surface area contributed by atoms with Crippen molar-refractivity contribution in [2.45, 2.75) is 45.1 Å². The minimum atomic E-state index is -5.06. The zero-order chi connectivity index (χ0) is 24.2. The molecule has 0 radical (unpaired) electrons. The standard InChI is InChI=1S/C16H13.C11H11.C2H5.CH5Si.2ClH.Zr/c1-12-10-14-8-5-9-15(16(14)11-12)13-6-3-2-4-7-13;1-2-9-7-10-5-3-4-6-11(10)8-9;2*1-2;;;/h2-11H,1H3;3-8H,2H2,1H3;1H2,2H3;2H2,1H3;2*1H;/q;;;;;;+2/p-2. The van der Waals surface area contributed by atoms with E-state index in [1.54, 1.807) is 0 Å². The van der Waals surface area contributed by atoms with Crippen LogP contribution in [0, 0.1) is 0 Å². The summed E-state index contributed by atoms with van der Waals surface area (Å²) in [7, 11) is 17.0. The van der Waals surface area contributed by atoms with Crippen molar-refractivity contribution in [3.05, 3.63) is 106 Å². The fourth-order valence-electron chi connectivity index (χ4n) is 7.34. The molecule has 176 valence electrons. The van der Waals surface area contributed by atoms with Gasteiger partial charge in [-0.1, -0.05) is 0 Å². The van der Waals surface area contributed by atoms with Gasteiger partial charge in [0.25, 0.3) is 0 Å². The number of hydrogen-bond donors (Lipinski definition) is 0. The monoisotopic (exact) mass is 582 g/mol. The second-order valence-electron chi connectivity index (χ2n) is 10.6. The molecule has 2 aliphatic carbocycles. The van der Waals surface area contributed by atoms with Gasteiger partial charge < -0.3 is 0 Å². The second kappa shape index (κ2) is 8.17. The molecule has 0 saturated heterocycles. The van der Waals surface area contributed by atoms with Crippen LogP contribution < -0.4 is 0 Å². The van der Waals surface area contributed by atoms with E-state index in [-0.39, 0.29) is 7.25 Å². The Labute approximate surface area is 210 Å². The first-order valence-corrected chi connectivity index (χ1v) is 30.9. The average Bonchev–Trinajstić information content (AvgIpc) is 3.43. The summed E-state index contributed by atoms with van der Waals surface area (Å²) in [4.78, 5) is 0. The first kappa shape index (κ1) is 24.5. The van der Waals surface area contributed by atoms with E-state index in [1.165, 1.54) is 44.5 Å². The number of allylic oxidation sites excluding steroid dienone is 2. The average molecular weight is 585 g/mol. The van der Waals surface area contributed by atoms with Crippen molar-refractivity contribution in [2.24, 2.45) is 0 Å². The number of fused-ring (bicyclic) bond motifs is 2. The molecule has 0 amide bonds. The molecule has 2 unspecified atom stereocenters. The number of benzene rings is 3. The molecule has 0 heterocycles. The first-order chi connectivity index (χ1) is 16.2. The maximum absolute atomic E-state index is 8.50. The van der Waals surface area contributed by atoms with E-state index in [0.29, 0.717) is 0 Å². The van der Waals surface area contributed by atoms with E-state index in [4.69, 9.17) is 17.0 Å². The fourth-order valence-corrected chi connectivity index (χ4v) is 45.7. The Kier molecular flexibility index (Phi) is 5.89. The summed E-state index contributed by atoms with van der Waals surface area (Å²) in [5.74, 6) is 0. The van der Waals surface area contributed by atoms with Crippen LogP contribution in [0.15, 0.2) is 83.9 Å². The zero-order valence-corrected chi connectivity index (χ0v) is 26.0. The van der Waals surface area contributed by atoms with Gasteiger partial charge in [0.1, 0.15) is 0 Å². The molecule has 0 N–H and O–H groups in total. The van der Waals surface area contributed by atoms with Gasteiger partial charge in [0.2, 0.25) is 0 Å². The second-order valence-corrected chi connectivity index (χ2v) is 64.4. The van der Waals surface area contributed by atoms with Crippen molar-refractivity contribution < 1.29 is 14.1 Å². The summed E-state index contributed by atoms with van der Waals surface area (Å²) >= 11 is -5.06. The van der Waals surface area contributed by atoms with Gasteiger partial charge in [0, 0.05) is 0 Å². The summed E-state index contributed by atoms with van der Waals surface area (Å²) in [6.45, 7) is 8.45. The van der Waals surface area contributed by atoms with Crippen LogP contribution in [0.2, 0.25) is 10.7 Å². The van der Waals surface area contributed by atoms with Crippen molar-refractivity contribution in [3.63, 3.8) is 0 Å². The number of hydrogen-bond acceptors (Lipinski definition) is 0. The van der Waals surface area contributed by atoms with E-state index in [0.717, 1.165) is 10.5 Å². The molecule has 4 heteroatoms. The third kappa shape index (κ3) is 3.25. The molecule has 0 saturated carbocycles. The summed E-state index contributed by atoms with van der Waals surface area (Å²) < 4.78 is 1.21. The van der Waals surface area contributed by atoms with Gasteiger partial charge >= 0.3 is 212 Å². The van der Waals surface area contributed by atoms with Crippen LogP contribution in [0.3, 0.4) is 0 Å².